The molecule has 0 atom stereocenters. The van der Waals surface area contributed by atoms with Crippen LogP contribution in [0.1, 0.15) is 17.2 Å². The SMILES string of the molecule is O=C(OC1c2ccccc2-c2ccccc21)N1CCNCC1. The van der Waals surface area contributed by atoms with Crippen molar-refractivity contribution in [1.82, 2.24) is 10.2 Å². The van der Waals surface area contributed by atoms with Gasteiger partial charge in [-0.15, -0.1) is 0 Å². The van der Waals surface area contributed by atoms with Gasteiger partial charge in [0.2, 0.25) is 0 Å². The molecule has 2 aromatic carbocycles. The van der Waals surface area contributed by atoms with Crippen molar-refractivity contribution in [1.29, 1.82) is 0 Å². The topological polar surface area (TPSA) is 41.6 Å². The molecule has 1 amide bonds. The number of carbonyl (C=O) groups excluding carboxylic acids is 1. The van der Waals surface area contributed by atoms with Crippen LogP contribution in [-0.2, 0) is 4.74 Å². The van der Waals surface area contributed by atoms with Crippen LogP contribution in [0.3, 0.4) is 0 Å². The predicted molar refractivity (Wildman–Crippen MR) is 84.6 cm³/mol. The van der Waals surface area contributed by atoms with E-state index in [2.05, 4.69) is 17.4 Å². The number of nitrogens with zero attached hydrogens (tertiary/aromatic N) is 1. The van der Waals surface area contributed by atoms with Crippen molar-refractivity contribution in [2.45, 2.75) is 6.10 Å². The van der Waals surface area contributed by atoms with Gasteiger partial charge in [0, 0.05) is 37.3 Å². The first-order valence-electron chi connectivity index (χ1n) is 7.69. The smallest absolute Gasteiger partial charge is 0.410 e. The van der Waals surface area contributed by atoms with Crippen LogP contribution >= 0.6 is 0 Å². The van der Waals surface area contributed by atoms with Crippen molar-refractivity contribution in [3.63, 3.8) is 0 Å². The molecule has 1 aliphatic carbocycles. The van der Waals surface area contributed by atoms with E-state index in [0.717, 1.165) is 35.3 Å². The molecule has 4 nitrogen and oxygen atoms in total. The molecule has 2 aliphatic rings. The van der Waals surface area contributed by atoms with E-state index in [4.69, 9.17) is 4.74 Å². The average molecular weight is 294 g/mol. The summed E-state index contributed by atoms with van der Waals surface area (Å²) in [6, 6.07) is 16.3. The normalized spacial score (nSPS) is 17.0. The molecule has 22 heavy (non-hydrogen) atoms. The lowest BCUT2D eigenvalue weighted by Gasteiger charge is -2.28. The van der Waals surface area contributed by atoms with Crippen LogP contribution in [0.4, 0.5) is 4.79 Å². The number of amides is 1. The Labute approximate surface area is 129 Å². The number of piperazine rings is 1. The third-order valence-corrected chi connectivity index (χ3v) is 4.37. The van der Waals surface area contributed by atoms with Gasteiger partial charge in [0.25, 0.3) is 0 Å². The van der Waals surface area contributed by atoms with E-state index in [0.29, 0.717) is 13.1 Å². The molecule has 0 unspecified atom stereocenters. The van der Waals surface area contributed by atoms with Gasteiger partial charge in [-0.05, 0) is 11.1 Å². The first-order chi connectivity index (χ1) is 10.8. The fourth-order valence-corrected chi connectivity index (χ4v) is 3.26. The number of ether oxygens (including phenoxy) is 1. The largest absolute Gasteiger partial charge is 0.436 e. The molecular formula is C18H18N2O2. The third-order valence-electron chi connectivity index (χ3n) is 4.37. The number of hydrogen-bond donors (Lipinski definition) is 1. The summed E-state index contributed by atoms with van der Waals surface area (Å²) < 4.78 is 5.86. The molecule has 0 saturated carbocycles. The van der Waals surface area contributed by atoms with Gasteiger partial charge in [-0.25, -0.2) is 4.79 Å². The summed E-state index contributed by atoms with van der Waals surface area (Å²) >= 11 is 0. The number of benzene rings is 2. The maximum Gasteiger partial charge on any atom is 0.410 e. The summed E-state index contributed by atoms with van der Waals surface area (Å²) in [7, 11) is 0. The van der Waals surface area contributed by atoms with Gasteiger partial charge < -0.3 is 15.0 Å². The van der Waals surface area contributed by atoms with Gasteiger partial charge in [0.05, 0.1) is 0 Å². The van der Waals surface area contributed by atoms with Gasteiger partial charge in [-0.2, -0.15) is 0 Å². The molecule has 112 valence electrons. The first-order valence-corrected chi connectivity index (χ1v) is 7.69. The van der Waals surface area contributed by atoms with E-state index in [-0.39, 0.29) is 12.2 Å². The number of carbonyl (C=O) groups is 1. The molecule has 1 aliphatic heterocycles. The highest BCUT2D eigenvalue weighted by Crippen LogP contribution is 2.45. The van der Waals surface area contributed by atoms with Crippen molar-refractivity contribution >= 4 is 6.09 Å². The van der Waals surface area contributed by atoms with Gasteiger partial charge in [0.15, 0.2) is 6.10 Å². The van der Waals surface area contributed by atoms with Gasteiger partial charge in [-0.1, -0.05) is 48.5 Å². The Morgan fingerprint density at radius 1 is 0.955 bits per heavy atom. The lowest BCUT2D eigenvalue weighted by molar-refractivity contribution is 0.0750. The Kier molecular flexibility index (Phi) is 3.31. The van der Waals surface area contributed by atoms with Crippen LogP contribution in [0.25, 0.3) is 11.1 Å². The first kappa shape index (κ1) is 13.3. The Morgan fingerprint density at radius 2 is 1.50 bits per heavy atom. The monoisotopic (exact) mass is 294 g/mol. The summed E-state index contributed by atoms with van der Waals surface area (Å²) in [6.07, 6.45) is -0.521. The van der Waals surface area contributed by atoms with Crippen molar-refractivity contribution in [2.75, 3.05) is 26.2 Å². The quantitative estimate of drug-likeness (QED) is 0.879. The van der Waals surface area contributed by atoms with Gasteiger partial charge in [0.1, 0.15) is 0 Å². The summed E-state index contributed by atoms with van der Waals surface area (Å²) in [5, 5.41) is 3.25. The fourth-order valence-electron chi connectivity index (χ4n) is 3.26. The summed E-state index contributed by atoms with van der Waals surface area (Å²) in [4.78, 5) is 14.2. The average Bonchev–Trinajstić information content (AvgIpc) is 2.90. The van der Waals surface area contributed by atoms with Crippen molar-refractivity contribution in [3.8, 4) is 11.1 Å². The predicted octanol–water partition coefficient (Wildman–Crippen LogP) is 2.80. The third kappa shape index (κ3) is 2.16. The van der Waals surface area contributed by atoms with E-state index in [1.807, 2.05) is 36.4 Å². The van der Waals surface area contributed by atoms with Crippen molar-refractivity contribution in [2.24, 2.45) is 0 Å². The number of fused-ring (bicyclic) bond motifs is 3. The minimum atomic E-state index is -0.296. The van der Waals surface area contributed by atoms with Crippen LogP contribution in [-0.4, -0.2) is 37.2 Å². The lowest BCUT2D eigenvalue weighted by atomic mass is 10.1. The highest BCUT2D eigenvalue weighted by Gasteiger charge is 2.32. The van der Waals surface area contributed by atoms with E-state index < -0.39 is 0 Å². The molecule has 1 heterocycles. The lowest BCUT2D eigenvalue weighted by Crippen LogP contribution is -2.46. The summed E-state index contributed by atoms with van der Waals surface area (Å²) in [5.41, 5.74) is 4.48. The highest BCUT2D eigenvalue weighted by molar-refractivity contribution is 5.79. The second-order valence-electron chi connectivity index (χ2n) is 5.68. The Hall–Kier alpha value is -2.33. The van der Waals surface area contributed by atoms with E-state index in [9.17, 15) is 4.79 Å². The van der Waals surface area contributed by atoms with Gasteiger partial charge in [-0.3, -0.25) is 0 Å². The molecule has 2 aromatic rings. The highest BCUT2D eigenvalue weighted by atomic mass is 16.6. The minimum Gasteiger partial charge on any atom is -0.436 e. The number of hydrogen-bond acceptors (Lipinski definition) is 3. The Bertz CT molecular complexity index is 662. The maximum absolute atomic E-state index is 12.4. The summed E-state index contributed by atoms with van der Waals surface area (Å²) in [6.45, 7) is 3.06. The molecule has 4 heteroatoms. The van der Waals surface area contributed by atoms with Crippen LogP contribution in [0.15, 0.2) is 48.5 Å². The van der Waals surface area contributed by atoms with E-state index in [1.54, 1.807) is 4.90 Å². The molecule has 1 fully saturated rings. The zero-order chi connectivity index (χ0) is 14.9. The zero-order valence-corrected chi connectivity index (χ0v) is 12.3. The molecule has 0 spiro atoms. The molecule has 1 N–H and O–H groups in total. The van der Waals surface area contributed by atoms with Crippen LogP contribution in [0, 0.1) is 0 Å². The molecule has 0 bridgehead atoms. The van der Waals surface area contributed by atoms with E-state index in [1.165, 1.54) is 0 Å². The molecule has 1 saturated heterocycles. The Morgan fingerprint density at radius 3 is 2.09 bits per heavy atom. The number of nitrogens with one attached hydrogen (secondary N) is 1. The van der Waals surface area contributed by atoms with Crippen LogP contribution < -0.4 is 5.32 Å². The molecule has 0 radical (unpaired) electrons. The van der Waals surface area contributed by atoms with Crippen molar-refractivity contribution in [3.05, 3.63) is 59.7 Å². The second-order valence-corrected chi connectivity index (χ2v) is 5.68. The number of rotatable bonds is 1. The molecule has 4 rings (SSSR count). The minimum absolute atomic E-state index is 0.224. The van der Waals surface area contributed by atoms with Crippen LogP contribution in [0.5, 0.6) is 0 Å². The van der Waals surface area contributed by atoms with Crippen molar-refractivity contribution < 1.29 is 9.53 Å². The zero-order valence-electron chi connectivity index (χ0n) is 12.3. The molecular weight excluding hydrogens is 276 g/mol. The molecule has 0 aromatic heterocycles. The van der Waals surface area contributed by atoms with Gasteiger partial charge >= 0.3 is 6.09 Å². The Balaban J connectivity index is 1.65. The second kappa shape index (κ2) is 5.46. The maximum atomic E-state index is 12.4. The van der Waals surface area contributed by atoms with E-state index >= 15 is 0 Å². The summed E-state index contributed by atoms with van der Waals surface area (Å²) in [5.74, 6) is 0. The standard InChI is InChI=1S/C18H18N2O2/c21-18(20-11-9-19-10-12-20)22-17-15-7-3-1-5-13(15)14-6-2-4-8-16(14)17/h1-8,17,19H,9-12H2. The van der Waals surface area contributed by atoms with Crippen LogP contribution in [0.2, 0.25) is 0 Å². The fraction of sp³-hybridized carbons (Fsp3) is 0.278.